The molecule has 0 spiro atoms. The Kier molecular flexibility index (Phi) is 6.49. The minimum atomic E-state index is 0.645. The summed E-state index contributed by atoms with van der Waals surface area (Å²) in [5, 5.41) is 12.0. The lowest BCUT2D eigenvalue weighted by molar-refractivity contribution is 1.08. The summed E-state index contributed by atoms with van der Waals surface area (Å²) in [4.78, 5) is 15.5. The number of rotatable bonds is 4. The average molecular weight is 636 g/mol. The quantitative estimate of drug-likeness (QED) is 0.181. The van der Waals surface area contributed by atoms with Gasteiger partial charge in [-0.25, -0.2) is 15.0 Å². The van der Waals surface area contributed by atoms with Crippen molar-refractivity contribution in [3.63, 3.8) is 0 Å². The molecule has 0 N–H and O–H groups in total. The third kappa shape index (κ3) is 4.71. The number of hydrogen-bond acceptors (Lipinski definition) is 3. The molecule has 0 bridgehead atoms. The Hall–Kier alpha value is -6.71. The molecule has 1 aromatic heterocycles. The van der Waals surface area contributed by atoms with Crippen molar-refractivity contribution in [3.8, 4) is 45.3 Å². The molecule has 9 aromatic carbocycles. The summed E-state index contributed by atoms with van der Waals surface area (Å²) in [6.07, 6.45) is 0. The van der Waals surface area contributed by atoms with Crippen molar-refractivity contribution < 1.29 is 0 Å². The maximum absolute atomic E-state index is 5.20. The molecule has 0 saturated carbocycles. The van der Waals surface area contributed by atoms with E-state index in [1.807, 2.05) is 0 Å². The Bertz CT molecular complexity index is 2920. The topological polar surface area (TPSA) is 38.7 Å². The zero-order valence-corrected chi connectivity index (χ0v) is 27.1. The van der Waals surface area contributed by atoms with E-state index in [-0.39, 0.29) is 0 Å². The second kappa shape index (κ2) is 11.5. The first kappa shape index (κ1) is 28.3. The first-order valence-electron chi connectivity index (χ1n) is 16.9. The first-order chi connectivity index (χ1) is 24.8. The molecule has 0 amide bonds. The molecule has 3 heteroatoms. The molecule has 50 heavy (non-hydrogen) atoms. The second-order valence-electron chi connectivity index (χ2n) is 12.8. The maximum atomic E-state index is 5.20. The van der Waals surface area contributed by atoms with Crippen molar-refractivity contribution in [1.82, 2.24) is 15.0 Å². The smallest absolute Gasteiger partial charge is 0.164 e. The van der Waals surface area contributed by atoms with Gasteiger partial charge in [-0.15, -0.1) is 0 Å². The van der Waals surface area contributed by atoms with Gasteiger partial charge >= 0.3 is 0 Å². The molecule has 0 radical (unpaired) electrons. The third-order valence-electron chi connectivity index (χ3n) is 9.92. The highest BCUT2D eigenvalue weighted by Gasteiger charge is 2.17. The van der Waals surface area contributed by atoms with Gasteiger partial charge in [-0.2, -0.15) is 0 Å². The molecule has 0 unspecified atom stereocenters. The van der Waals surface area contributed by atoms with Crippen LogP contribution in [-0.2, 0) is 0 Å². The fourth-order valence-electron chi connectivity index (χ4n) is 7.40. The standard InChI is InChI=1S/C47H29N3/c1-2-12-35-29-36(24-21-30(35)9-1)31-19-22-34(23-20-31)45-48-46(43-17-7-13-32-10-3-6-15-38(32)43)50-47(49-45)44-18-8-16-39-41-26-25-33-11-4-5-14-37(33)40(41)27-28-42(39)44/h1-29H. The number of fused-ring (bicyclic) bond motifs is 7. The van der Waals surface area contributed by atoms with Crippen LogP contribution in [0.3, 0.4) is 0 Å². The minimum Gasteiger partial charge on any atom is -0.208 e. The van der Waals surface area contributed by atoms with Gasteiger partial charge in [0.15, 0.2) is 17.5 Å². The Balaban J connectivity index is 1.16. The Morgan fingerprint density at radius 2 is 0.700 bits per heavy atom. The van der Waals surface area contributed by atoms with Crippen LogP contribution in [0.1, 0.15) is 0 Å². The van der Waals surface area contributed by atoms with E-state index in [4.69, 9.17) is 15.0 Å². The second-order valence-corrected chi connectivity index (χ2v) is 12.8. The van der Waals surface area contributed by atoms with Crippen molar-refractivity contribution in [2.45, 2.75) is 0 Å². The van der Waals surface area contributed by atoms with Gasteiger partial charge < -0.3 is 0 Å². The summed E-state index contributed by atoms with van der Waals surface area (Å²) in [5.74, 6) is 1.96. The summed E-state index contributed by atoms with van der Waals surface area (Å²) in [5.41, 5.74) is 5.24. The van der Waals surface area contributed by atoms with E-state index in [0.717, 1.165) is 38.4 Å². The average Bonchev–Trinajstić information content (AvgIpc) is 3.19. The molecule has 0 aliphatic heterocycles. The van der Waals surface area contributed by atoms with Gasteiger partial charge in [-0.3, -0.25) is 0 Å². The van der Waals surface area contributed by atoms with E-state index >= 15 is 0 Å². The predicted octanol–water partition coefficient (Wildman–Crippen LogP) is 12.3. The molecular formula is C47H29N3. The molecule has 10 aromatic rings. The normalized spacial score (nSPS) is 11.6. The third-order valence-corrected chi connectivity index (χ3v) is 9.92. The summed E-state index contributed by atoms with van der Waals surface area (Å²) >= 11 is 0. The highest BCUT2D eigenvalue weighted by Crippen LogP contribution is 2.37. The summed E-state index contributed by atoms with van der Waals surface area (Å²) < 4.78 is 0. The lowest BCUT2D eigenvalue weighted by Crippen LogP contribution is -2.01. The first-order valence-corrected chi connectivity index (χ1v) is 16.9. The van der Waals surface area contributed by atoms with Gasteiger partial charge in [-0.1, -0.05) is 170 Å². The molecule has 0 saturated heterocycles. The number of aromatic nitrogens is 3. The molecule has 0 aliphatic carbocycles. The van der Waals surface area contributed by atoms with E-state index < -0.39 is 0 Å². The van der Waals surface area contributed by atoms with Crippen LogP contribution in [-0.4, -0.2) is 15.0 Å². The van der Waals surface area contributed by atoms with Crippen LogP contribution in [0.25, 0.3) is 99.2 Å². The largest absolute Gasteiger partial charge is 0.208 e. The molecule has 0 aliphatic rings. The fraction of sp³-hybridized carbons (Fsp3) is 0. The van der Waals surface area contributed by atoms with E-state index in [1.165, 1.54) is 43.3 Å². The van der Waals surface area contributed by atoms with Crippen molar-refractivity contribution in [1.29, 1.82) is 0 Å². The molecule has 10 rings (SSSR count). The molecule has 232 valence electrons. The minimum absolute atomic E-state index is 0.645. The summed E-state index contributed by atoms with van der Waals surface area (Å²) in [6.45, 7) is 0. The van der Waals surface area contributed by atoms with Gasteiger partial charge in [0.25, 0.3) is 0 Å². The monoisotopic (exact) mass is 635 g/mol. The lowest BCUT2D eigenvalue weighted by atomic mass is 9.95. The molecule has 1 heterocycles. The van der Waals surface area contributed by atoms with Crippen LogP contribution in [0.2, 0.25) is 0 Å². The van der Waals surface area contributed by atoms with Gasteiger partial charge in [0.1, 0.15) is 0 Å². The zero-order chi connectivity index (χ0) is 33.0. The Labute approximate surface area is 289 Å². The van der Waals surface area contributed by atoms with Crippen molar-refractivity contribution in [3.05, 3.63) is 176 Å². The number of hydrogen-bond donors (Lipinski definition) is 0. The van der Waals surface area contributed by atoms with Gasteiger partial charge in [0.2, 0.25) is 0 Å². The van der Waals surface area contributed by atoms with Crippen LogP contribution in [0, 0.1) is 0 Å². The van der Waals surface area contributed by atoms with Crippen LogP contribution < -0.4 is 0 Å². The molecule has 0 fully saturated rings. The van der Waals surface area contributed by atoms with E-state index in [0.29, 0.717) is 17.5 Å². The number of nitrogens with zero attached hydrogens (tertiary/aromatic N) is 3. The SMILES string of the molecule is c1ccc2cc(-c3ccc(-c4nc(-c5cccc6ccccc56)nc(-c5cccc6c5ccc5c7ccccc7ccc65)n4)cc3)ccc2c1. The summed E-state index contributed by atoms with van der Waals surface area (Å²) in [7, 11) is 0. The van der Waals surface area contributed by atoms with Crippen molar-refractivity contribution in [2.24, 2.45) is 0 Å². The predicted molar refractivity (Wildman–Crippen MR) is 209 cm³/mol. The van der Waals surface area contributed by atoms with Crippen molar-refractivity contribution >= 4 is 53.9 Å². The van der Waals surface area contributed by atoms with Gasteiger partial charge in [-0.05, 0) is 71.1 Å². The van der Waals surface area contributed by atoms with Crippen LogP contribution in [0.15, 0.2) is 176 Å². The van der Waals surface area contributed by atoms with E-state index in [9.17, 15) is 0 Å². The van der Waals surface area contributed by atoms with Crippen LogP contribution >= 0.6 is 0 Å². The molecule has 3 nitrogen and oxygen atoms in total. The van der Waals surface area contributed by atoms with Gasteiger partial charge in [0.05, 0.1) is 0 Å². The van der Waals surface area contributed by atoms with E-state index in [1.54, 1.807) is 0 Å². The van der Waals surface area contributed by atoms with Gasteiger partial charge in [0, 0.05) is 16.7 Å². The Morgan fingerprint density at radius 3 is 1.50 bits per heavy atom. The highest BCUT2D eigenvalue weighted by molar-refractivity contribution is 6.19. The van der Waals surface area contributed by atoms with E-state index in [2.05, 4.69) is 176 Å². The lowest BCUT2D eigenvalue weighted by Gasteiger charge is -2.13. The maximum Gasteiger partial charge on any atom is 0.164 e. The van der Waals surface area contributed by atoms with Crippen molar-refractivity contribution in [2.75, 3.05) is 0 Å². The zero-order valence-electron chi connectivity index (χ0n) is 27.1. The van der Waals surface area contributed by atoms with Crippen LogP contribution in [0.4, 0.5) is 0 Å². The molecular weight excluding hydrogens is 607 g/mol. The highest BCUT2D eigenvalue weighted by atomic mass is 15.0. The van der Waals surface area contributed by atoms with Crippen LogP contribution in [0.5, 0.6) is 0 Å². The Morgan fingerprint density at radius 1 is 0.240 bits per heavy atom. The summed E-state index contributed by atoms with van der Waals surface area (Å²) in [6, 6.07) is 62.3. The number of benzene rings is 9. The molecule has 0 atom stereocenters. The fourth-order valence-corrected chi connectivity index (χ4v) is 7.40.